The lowest BCUT2D eigenvalue weighted by molar-refractivity contribution is -0.317. The maximum atomic E-state index is 12.1. The Bertz CT molecular complexity index is 2040. The summed E-state index contributed by atoms with van der Waals surface area (Å²) in [7, 11) is 0. The molecule has 3 aliphatic heterocycles. The molecule has 0 aromatic heterocycles. The Balaban J connectivity index is 1.15. The van der Waals surface area contributed by atoms with Crippen LogP contribution in [0.4, 0.5) is 0 Å². The Hall–Kier alpha value is -5.44. The van der Waals surface area contributed by atoms with Gasteiger partial charge in [-0.1, -0.05) is 6.07 Å². The number of aliphatic hydroxyl groups excluding tert-OH is 5. The molecule has 0 saturated carbocycles. The predicted octanol–water partition coefficient (Wildman–Crippen LogP) is 0.210. The molecule has 6 rings (SSSR count). The molecular formula is C36H37O18+. The molecule has 1 aliphatic carbocycles. The fourth-order valence-electron chi connectivity index (χ4n) is 5.89. The van der Waals surface area contributed by atoms with E-state index in [4.69, 9.17) is 28.1 Å². The van der Waals surface area contributed by atoms with E-state index in [1.165, 1.54) is 43.3 Å². The average molecular weight is 758 g/mol. The van der Waals surface area contributed by atoms with E-state index in [0.29, 0.717) is 5.56 Å². The molecule has 2 fully saturated rings. The van der Waals surface area contributed by atoms with Crippen molar-refractivity contribution in [2.75, 3.05) is 6.61 Å². The van der Waals surface area contributed by atoms with Gasteiger partial charge < -0.3 is 84.0 Å². The van der Waals surface area contributed by atoms with Crippen molar-refractivity contribution in [2.45, 2.75) is 68.3 Å². The number of aliphatic hydroxyl groups is 5. The molecule has 0 radical (unpaired) electrons. The van der Waals surface area contributed by atoms with E-state index < -0.39 is 96.7 Å². The SMILES string of the molecule is CC1OC(OCC2OC(Oc3cc4c(O)cc(=O)cc-4oc3-c3ccc(O)c(O)c3)C(O)C(O)C2O)C(O)C(O)C1OC(=[OH+])C=Cc1ccc(O)c(O)c1. The van der Waals surface area contributed by atoms with E-state index in [0.717, 1.165) is 30.3 Å². The summed E-state index contributed by atoms with van der Waals surface area (Å²) < 4.78 is 34.2. The van der Waals surface area contributed by atoms with Crippen molar-refractivity contribution in [1.82, 2.24) is 0 Å². The number of fused-ring (bicyclic) bond motifs is 1. The summed E-state index contributed by atoms with van der Waals surface area (Å²) in [6.07, 6.45) is -13.6. The van der Waals surface area contributed by atoms with Crippen LogP contribution >= 0.6 is 0 Å². The minimum atomic E-state index is -1.89. The van der Waals surface area contributed by atoms with Crippen LogP contribution in [0, 0.1) is 0 Å². The first kappa shape index (κ1) is 38.3. The van der Waals surface area contributed by atoms with Crippen molar-refractivity contribution < 1.29 is 84.0 Å². The van der Waals surface area contributed by atoms with E-state index in [9.17, 15) is 60.7 Å². The standard InChI is InChI=1S/C36H36O18/c1-14-33(54-27(43)7-3-15-2-5-19(38)22(41)8-15)30(46)32(48)35(50-14)49-13-26-28(44)29(45)31(47)36(53-26)52-25-12-18-21(40)10-17(37)11-24(18)51-34(25)16-4-6-20(39)23(42)9-16/h2-12,14,26,28-33,35-36,38-42,44-48H,13H2,1H3/p+1. The zero-order valence-corrected chi connectivity index (χ0v) is 28.1. The Kier molecular flexibility index (Phi) is 11.0. The van der Waals surface area contributed by atoms with Gasteiger partial charge in [-0.05, 0) is 55.0 Å². The summed E-state index contributed by atoms with van der Waals surface area (Å²) in [6.45, 7) is 0.849. The number of carbonyl (C=O) groups excluding carboxylic acids is 1. The molecule has 18 heteroatoms. The molecule has 2 aromatic rings. The lowest BCUT2D eigenvalue weighted by atomic mass is 9.98. The number of hydrogen-bond acceptors (Lipinski definition) is 17. The molecule has 11 N–H and O–H groups in total. The van der Waals surface area contributed by atoms with Crippen LogP contribution in [-0.4, -0.2) is 130 Å². The van der Waals surface area contributed by atoms with Crippen LogP contribution in [0.1, 0.15) is 12.5 Å². The maximum absolute atomic E-state index is 12.1. The van der Waals surface area contributed by atoms with Gasteiger partial charge in [-0.3, -0.25) is 4.79 Å². The van der Waals surface area contributed by atoms with Gasteiger partial charge in [0.15, 0.2) is 52.3 Å². The summed E-state index contributed by atoms with van der Waals surface area (Å²) in [5, 5.41) is 103. The second kappa shape index (κ2) is 15.5. The molecule has 10 atom stereocenters. The first-order valence-electron chi connectivity index (χ1n) is 16.4. The zero-order valence-electron chi connectivity index (χ0n) is 28.1. The number of benzene rings is 3. The minimum absolute atomic E-state index is 0.0000761. The second-order valence-electron chi connectivity index (χ2n) is 12.7. The predicted molar refractivity (Wildman–Crippen MR) is 182 cm³/mol. The molecule has 54 heavy (non-hydrogen) atoms. The van der Waals surface area contributed by atoms with Gasteiger partial charge in [0.25, 0.3) is 0 Å². The van der Waals surface area contributed by atoms with Gasteiger partial charge in [0, 0.05) is 17.7 Å². The van der Waals surface area contributed by atoms with E-state index >= 15 is 0 Å². The molecule has 0 spiro atoms. The largest absolute Gasteiger partial charge is 0.510 e. The summed E-state index contributed by atoms with van der Waals surface area (Å²) in [4.78, 5) is 22.4. The fourth-order valence-corrected chi connectivity index (χ4v) is 5.89. The lowest BCUT2D eigenvalue weighted by Crippen LogP contribution is -2.62. The Morgan fingerprint density at radius 1 is 0.759 bits per heavy atom. The van der Waals surface area contributed by atoms with Gasteiger partial charge >= 0.3 is 5.97 Å². The van der Waals surface area contributed by atoms with Gasteiger partial charge in [-0.15, -0.1) is 0 Å². The van der Waals surface area contributed by atoms with Crippen molar-refractivity contribution >= 4 is 12.0 Å². The fraction of sp³-hybridized carbons (Fsp3) is 0.333. The van der Waals surface area contributed by atoms with Crippen molar-refractivity contribution in [3.8, 4) is 57.1 Å². The molecule has 288 valence electrons. The third-order valence-corrected chi connectivity index (χ3v) is 8.83. The van der Waals surface area contributed by atoms with Gasteiger partial charge in [0.2, 0.25) is 12.4 Å². The van der Waals surface area contributed by atoms with Gasteiger partial charge in [0.1, 0.15) is 48.1 Å². The van der Waals surface area contributed by atoms with Crippen LogP contribution in [-0.2, 0) is 18.9 Å². The van der Waals surface area contributed by atoms with Gasteiger partial charge in [-0.2, -0.15) is 0 Å². The molecule has 2 saturated heterocycles. The normalized spacial score (nSPS) is 28.6. The molecule has 0 amide bonds. The summed E-state index contributed by atoms with van der Waals surface area (Å²) in [5.41, 5.74) is -0.0803. The highest BCUT2D eigenvalue weighted by Gasteiger charge is 2.50. The van der Waals surface area contributed by atoms with Crippen LogP contribution < -0.4 is 10.2 Å². The number of phenols is 5. The van der Waals surface area contributed by atoms with Gasteiger partial charge in [-0.25, -0.2) is 0 Å². The highest BCUT2D eigenvalue weighted by molar-refractivity contribution is 5.88. The van der Waals surface area contributed by atoms with Crippen LogP contribution in [0.25, 0.3) is 28.7 Å². The lowest BCUT2D eigenvalue weighted by Gasteiger charge is -2.42. The first-order chi connectivity index (χ1) is 25.6. The van der Waals surface area contributed by atoms with Crippen LogP contribution in [0.15, 0.2) is 69.9 Å². The molecular weight excluding hydrogens is 720 g/mol. The Morgan fingerprint density at radius 3 is 2.15 bits per heavy atom. The number of aromatic hydroxyl groups is 5. The van der Waals surface area contributed by atoms with Crippen molar-refractivity contribution in [3.05, 3.63) is 76.5 Å². The van der Waals surface area contributed by atoms with E-state index in [1.807, 2.05) is 0 Å². The summed E-state index contributed by atoms with van der Waals surface area (Å²) in [5.74, 6) is -3.37. The molecule has 2 aromatic carbocycles. The van der Waals surface area contributed by atoms with E-state index in [2.05, 4.69) is 0 Å². The van der Waals surface area contributed by atoms with Crippen LogP contribution in [0.3, 0.4) is 0 Å². The monoisotopic (exact) mass is 757 g/mol. The molecule has 4 aliphatic rings. The quantitative estimate of drug-likeness (QED) is 0.0472. The number of ether oxygens (including phenoxy) is 5. The zero-order chi connectivity index (χ0) is 39.0. The van der Waals surface area contributed by atoms with Gasteiger partial charge in [0.05, 0.1) is 18.2 Å². The highest BCUT2D eigenvalue weighted by Crippen LogP contribution is 2.43. The number of esters is 1. The Labute approximate surface area is 304 Å². The summed E-state index contributed by atoms with van der Waals surface area (Å²) in [6, 6.07) is 10.8. The third-order valence-electron chi connectivity index (χ3n) is 8.83. The number of rotatable bonds is 9. The number of hydrogen-bond donors (Lipinski definition) is 10. The second-order valence-corrected chi connectivity index (χ2v) is 12.7. The highest BCUT2D eigenvalue weighted by atomic mass is 16.7. The van der Waals surface area contributed by atoms with Crippen LogP contribution in [0.2, 0.25) is 0 Å². The van der Waals surface area contributed by atoms with E-state index in [1.54, 1.807) is 0 Å². The summed E-state index contributed by atoms with van der Waals surface area (Å²) >= 11 is 0. The Morgan fingerprint density at radius 2 is 1.44 bits per heavy atom. The maximum Gasteiger partial charge on any atom is 0.510 e. The third kappa shape index (κ3) is 7.91. The van der Waals surface area contributed by atoms with E-state index in [-0.39, 0.29) is 39.9 Å². The van der Waals surface area contributed by atoms with Crippen molar-refractivity contribution in [1.29, 1.82) is 0 Å². The smallest absolute Gasteiger partial charge is 0.507 e. The molecule has 0 bridgehead atoms. The average Bonchev–Trinajstić information content (AvgIpc) is 3.13. The number of phenolic OH excluding ortho intramolecular Hbond substituents is 5. The minimum Gasteiger partial charge on any atom is -0.507 e. The van der Waals surface area contributed by atoms with Crippen molar-refractivity contribution in [3.63, 3.8) is 0 Å². The van der Waals surface area contributed by atoms with Crippen molar-refractivity contribution in [2.24, 2.45) is 0 Å². The van der Waals surface area contributed by atoms with Crippen LogP contribution in [0.5, 0.6) is 34.5 Å². The molecule has 18 nitrogen and oxygen atoms in total. The molecule has 10 unspecified atom stereocenters. The first-order valence-corrected chi connectivity index (χ1v) is 16.4. The molecule has 3 heterocycles. The topological polar surface area (TPSA) is 300 Å².